The number of halogens is 4. The summed E-state index contributed by atoms with van der Waals surface area (Å²) in [5.41, 5.74) is 0.513. The Morgan fingerprint density at radius 1 is 1.06 bits per heavy atom. The quantitative estimate of drug-likeness (QED) is 0.447. The molecule has 1 atom stereocenters. The molecule has 0 saturated carbocycles. The highest BCUT2D eigenvalue weighted by molar-refractivity contribution is 6.31. The van der Waals surface area contributed by atoms with E-state index < -0.39 is 11.7 Å². The van der Waals surface area contributed by atoms with Gasteiger partial charge in [0.25, 0.3) is 0 Å². The standard InChI is InChI=1S/C21H21ClF3N5O/c1-12(2)18(11-31)29-20-28-17(13-5-7-26-8-6-13)10-19(30-20)27-14-3-4-16(22)15(9-14)21(23,24)25/h3-10,12,18,31H,11H2,1-2H3,(H2,27,28,29,30)/t18-/m0/s1. The molecule has 2 aromatic heterocycles. The molecule has 3 aromatic rings. The van der Waals surface area contributed by atoms with Gasteiger partial charge in [-0.3, -0.25) is 4.98 Å². The van der Waals surface area contributed by atoms with E-state index in [0.717, 1.165) is 11.6 Å². The largest absolute Gasteiger partial charge is 0.417 e. The smallest absolute Gasteiger partial charge is 0.394 e. The lowest BCUT2D eigenvalue weighted by atomic mass is 10.1. The van der Waals surface area contributed by atoms with Crippen molar-refractivity contribution in [2.45, 2.75) is 26.1 Å². The van der Waals surface area contributed by atoms with Crippen molar-refractivity contribution in [1.29, 1.82) is 0 Å². The molecule has 0 amide bonds. The topological polar surface area (TPSA) is 83.0 Å². The van der Waals surface area contributed by atoms with Crippen molar-refractivity contribution in [1.82, 2.24) is 15.0 Å². The van der Waals surface area contributed by atoms with Gasteiger partial charge < -0.3 is 15.7 Å². The van der Waals surface area contributed by atoms with Gasteiger partial charge in [0.2, 0.25) is 5.95 Å². The average molecular weight is 452 g/mol. The number of aliphatic hydroxyl groups excluding tert-OH is 1. The lowest BCUT2D eigenvalue weighted by Crippen LogP contribution is -2.30. The Balaban J connectivity index is 2.00. The van der Waals surface area contributed by atoms with E-state index in [1.54, 1.807) is 30.6 Å². The van der Waals surface area contributed by atoms with Crippen LogP contribution in [0.2, 0.25) is 5.02 Å². The molecule has 0 saturated heterocycles. The second kappa shape index (κ2) is 9.49. The Labute approximate surface area is 182 Å². The maximum absolute atomic E-state index is 13.2. The predicted molar refractivity (Wildman–Crippen MR) is 114 cm³/mol. The molecule has 10 heteroatoms. The monoisotopic (exact) mass is 451 g/mol. The average Bonchev–Trinajstić information content (AvgIpc) is 2.73. The van der Waals surface area contributed by atoms with Crippen LogP contribution in [0.25, 0.3) is 11.3 Å². The summed E-state index contributed by atoms with van der Waals surface area (Å²) in [5, 5.41) is 15.2. The Morgan fingerprint density at radius 3 is 2.39 bits per heavy atom. The summed E-state index contributed by atoms with van der Waals surface area (Å²) in [6, 6.07) is 8.37. The van der Waals surface area contributed by atoms with Gasteiger partial charge in [-0.15, -0.1) is 0 Å². The van der Waals surface area contributed by atoms with Crippen molar-refractivity contribution in [2.75, 3.05) is 17.2 Å². The first-order valence-electron chi connectivity index (χ1n) is 9.48. The first-order valence-corrected chi connectivity index (χ1v) is 9.86. The summed E-state index contributed by atoms with van der Waals surface area (Å²) in [6.07, 6.45) is -1.37. The van der Waals surface area contributed by atoms with E-state index in [9.17, 15) is 18.3 Å². The summed E-state index contributed by atoms with van der Waals surface area (Å²) in [7, 11) is 0. The number of hydrogen-bond donors (Lipinski definition) is 3. The molecule has 6 nitrogen and oxygen atoms in total. The van der Waals surface area contributed by atoms with E-state index in [-0.39, 0.29) is 41.0 Å². The number of nitrogens with zero attached hydrogens (tertiary/aromatic N) is 3. The SMILES string of the molecule is CC(C)[C@H](CO)Nc1nc(Nc2ccc(Cl)c(C(F)(F)F)c2)cc(-c2ccncc2)n1. The molecule has 0 aliphatic heterocycles. The van der Waals surface area contributed by atoms with Gasteiger partial charge in [-0.2, -0.15) is 18.2 Å². The Kier molecular flexibility index (Phi) is 6.97. The number of benzene rings is 1. The Bertz CT molecular complexity index is 1030. The fraction of sp³-hybridized carbons (Fsp3) is 0.286. The minimum absolute atomic E-state index is 0.0974. The van der Waals surface area contributed by atoms with Crippen LogP contribution < -0.4 is 10.6 Å². The molecule has 1 aromatic carbocycles. The van der Waals surface area contributed by atoms with Crippen molar-refractivity contribution in [3.05, 3.63) is 59.4 Å². The molecular weight excluding hydrogens is 431 g/mol. The molecule has 3 rings (SSSR count). The van der Waals surface area contributed by atoms with E-state index >= 15 is 0 Å². The predicted octanol–water partition coefficient (Wildman–Crippen LogP) is 5.38. The van der Waals surface area contributed by atoms with Crippen LogP contribution in [0.1, 0.15) is 19.4 Å². The summed E-state index contributed by atoms with van der Waals surface area (Å²) in [6.45, 7) is 3.74. The zero-order chi connectivity index (χ0) is 22.6. The zero-order valence-corrected chi connectivity index (χ0v) is 17.5. The van der Waals surface area contributed by atoms with E-state index in [0.29, 0.717) is 5.69 Å². The van der Waals surface area contributed by atoms with Gasteiger partial charge in [-0.1, -0.05) is 25.4 Å². The molecule has 0 unspecified atom stereocenters. The van der Waals surface area contributed by atoms with Crippen LogP contribution in [0, 0.1) is 5.92 Å². The number of alkyl halides is 3. The van der Waals surface area contributed by atoms with Gasteiger partial charge in [0, 0.05) is 29.7 Å². The molecule has 164 valence electrons. The van der Waals surface area contributed by atoms with Crippen molar-refractivity contribution >= 4 is 29.1 Å². The number of hydrogen-bond acceptors (Lipinski definition) is 6. The van der Waals surface area contributed by atoms with Crippen LogP contribution in [0.4, 0.5) is 30.6 Å². The van der Waals surface area contributed by atoms with E-state index in [2.05, 4.69) is 25.6 Å². The molecule has 0 radical (unpaired) electrons. The van der Waals surface area contributed by atoms with Gasteiger partial charge in [0.05, 0.1) is 28.9 Å². The van der Waals surface area contributed by atoms with Crippen LogP contribution in [0.5, 0.6) is 0 Å². The number of aliphatic hydroxyl groups is 1. The number of nitrogens with one attached hydrogen (secondary N) is 2. The van der Waals surface area contributed by atoms with E-state index in [4.69, 9.17) is 11.6 Å². The van der Waals surface area contributed by atoms with Crippen molar-refractivity contribution in [3.8, 4) is 11.3 Å². The maximum Gasteiger partial charge on any atom is 0.417 e. The minimum Gasteiger partial charge on any atom is -0.394 e. The maximum atomic E-state index is 13.2. The second-order valence-electron chi connectivity index (χ2n) is 7.19. The van der Waals surface area contributed by atoms with Gasteiger partial charge in [-0.05, 0) is 36.2 Å². The molecule has 0 aliphatic carbocycles. The fourth-order valence-corrected chi connectivity index (χ4v) is 3.03. The summed E-state index contributed by atoms with van der Waals surface area (Å²) in [5.74, 6) is 0.606. The van der Waals surface area contributed by atoms with E-state index in [1.807, 2.05) is 13.8 Å². The van der Waals surface area contributed by atoms with Crippen molar-refractivity contribution < 1.29 is 18.3 Å². The Hall–Kier alpha value is -2.91. The summed E-state index contributed by atoms with van der Waals surface area (Å²) >= 11 is 5.70. The lowest BCUT2D eigenvalue weighted by Gasteiger charge is -2.21. The molecule has 0 bridgehead atoms. The first kappa shape index (κ1) is 22.8. The lowest BCUT2D eigenvalue weighted by molar-refractivity contribution is -0.137. The normalized spacial score (nSPS) is 12.6. The minimum atomic E-state index is -4.58. The molecule has 0 aliphatic rings. The first-order chi connectivity index (χ1) is 14.7. The van der Waals surface area contributed by atoms with Crippen LogP contribution in [0.3, 0.4) is 0 Å². The van der Waals surface area contributed by atoms with Crippen LogP contribution in [-0.2, 0) is 6.18 Å². The molecule has 31 heavy (non-hydrogen) atoms. The third-order valence-electron chi connectivity index (χ3n) is 4.56. The number of pyridine rings is 1. The van der Waals surface area contributed by atoms with E-state index in [1.165, 1.54) is 12.1 Å². The zero-order valence-electron chi connectivity index (χ0n) is 16.8. The van der Waals surface area contributed by atoms with Gasteiger partial charge in [0.1, 0.15) is 5.82 Å². The van der Waals surface area contributed by atoms with Gasteiger partial charge in [-0.25, -0.2) is 4.98 Å². The highest BCUT2D eigenvalue weighted by atomic mass is 35.5. The van der Waals surface area contributed by atoms with Crippen LogP contribution in [-0.4, -0.2) is 32.7 Å². The molecule has 0 spiro atoms. The Morgan fingerprint density at radius 2 is 1.77 bits per heavy atom. The number of anilines is 3. The van der Waals surface area contributed by atoms with Crippen molar-refractivity contribution in [3.63, 3.8) is 0 Å². The highest BCUT2D eigenvalue weighted by Crippen LogP contribution is 2.36. The molecule has 2 heterocycles. The number of aromatic nitrogens is 3. The third-order valence-corrected chi connectivity index (χ3v) is 4.89. The molecular formula is C21H21ClF3N5O. The van der Waals surface area contributed by atoms with Crippen molar-refractivity contribution in [2.24, 2.45) is 5.92 Å². The second-order valence-corrected chi connectivity index (χ2v) is 7.60. The van der Waals surface area contributed by atoms with Crippen LogP contribution in [0.15, 0.2) is 48.8 Å². The fourth-order valence-electron chi connectivity index (χ4n) is 2.80. The van der Waals surface area contributed by atoms with Crippen LogP contribution >= 0.6 is 11.6 Å². The van der Waals surface area contributed by atoms with Gasteiger partial charge >= 0.3 is 6.18 Å². The third kappa shape index (κ3) is 5.83. The number of rotatable bonds is 7. The summed E-state index contributed by atoms with van der Waals surface area (Å²) < 4.78 is 39.6. The van der Waals surface area contributed by atoms with Gasteiger partial charge in [0.15, 0.2) is 0 Å². The summed E-state index contributed by atoms with van der Waals surface area (Å²) in [4.78, 5) is 12.8. The molecule has 3 N–H and O–H groups in total. The molecule has 0 fully saturated rings. The highest BCUT2D eigenvalue weighted by Gasteiger charge is 2.33.